The van der Waals surface area contributed by atoms with Crippen LogP contribution in [0.1, 0.15) is 51.9 Å². The molecule has 0 aliphatic rings. The Hall–Kier alpha value is -1.14. The maximum absolute atomic E-state index is 11.3. The van der Waals surface area contributed by atoms with Gasteiger partial charge in [0.2, 0.25) is 0 Å². The Morgan fingerprint density at radius 1 is 0.810 bits per heavy atom. The number of esters is 1. The lowest BCUT2D eigenvalue weighted by molar-refractivity contribution is -0.146. The van der Waals surface area contributed by atoms with E-state index in [0.29, 0.717) is 32.7 Å². The van der Waals surface area contributed by atoms with Crippen molar-refractivity contribution in [3.05, 3.63) is 0 Å². The van der Waals surface area contributed by atoms with Gasteiger partial charge in [-0.2, -0.15) is 0 Å². The van der Waals surface area contributed by atoms with Crippen molar-refractivity contribution in [2.75, 3.05) is 33.0 Å². The number of carbonyl (C=O) groups is 2. The van der Waals surface area contributed by atoms with Crippen molar-refractivity contribution in [1.82, 2.24) is 0 Å². The molecular weight excluding hydrogens is 276 g/mol. The smallest absolute Gasteiger partial charge is 0.305 e. The Kier molecular flexibility index (Phi) is 14.4. The summed E-state index contributed by atoms with van der Waals surface area (Å²) in [5, 5.41) is 8.44. The Morgan fingerprint density at radius 2 is 1.43 bits per heavy atom. The fourth-order valence-corrected chi connectivity index (χ4v) is 1.61. The van der Waals surface area contributed by atoms with Gasteiger partial charge in [0.05, 0.1) is 19.8 Å². The van der Waals surface area contributed by atoms with Gasteiger partial charge in [0, 0.05) is 19.4 Å². The summed E-state index contributed by atoms with van der Waals surface area (Å²) in [6.45, 7) is 4.57. The van der Waals surface area contributed by atoms with Gasteiger partial charge < -0.3 is 19.3 Å². The Balaban J connectivity index is 3.16. The predicted octanol–water partition coefficient (Wildman–Crippen LogP) is 2.40. The van der Waals surface area contributed by atoms with E-state index in [1.165, 1.54) is 12.8 Å². The van der Waals surface area contributed by atoms with E-state index in [9.17, 15) is 9.59 Å². The molecule has 0 saturated heterocycles. The summed E-state index contributed by atoms with van der Waals surface area (Å²) in [5.41, 5.74) is 0. The first-order valence-corrected chi connectivity index (χ1v) is 7.69. The Labute approximate surface area is 126 Å². The van der Waals surface area contributed by atoms with Crippen LogP contribution in [0.15, 0.2) is 0 Å². The standard InChI is InChI=1S/C15H28O6/c1-2-3-6-9-19-10-11-20-12-13-21-15(18)8-5-4-7-14(16)17/h2-13H2,1H3,(H,16,17). The number of rotatable bonds is 15. The van der Waals surface area contributed by atoms with Crippen molar-refractivity contribution in [2.24, 2.45) is 0 Å². The topological polar surface area (TPSA) is 82.1 Å². The summed E-state index contributed by atoms with van der Waals surface area (Å²) in [6, 6.07) is 0. The minimum atomic E-state index is -0.839. The number of carbonyl (C=O) groups excluding carboxylic acids is 1. The number of ether oxygens (including phenoxy) is 3. The average Bonchev–Trinajstić information content (AvgIpc) is 2.45. The van der Waals surface area contributed by atoms with E-state index in [0.717, 1.165) is 13.0 Å². The van der Waals surface area contributed by atoms with Gasteiger partial charge in [-0.3, -0.25) is 9.59 Å². The number of carboxylic acid groups (broad SMARTS) is 1. The van der Waals surface area contributed by atoms with E-state index in [4.69, 9.17) is 19.3 Å². The molecule has 1 N–H and O–H groups in total. The zero-order valence-corrected chi connectivity index (χ0v) is 13.0. The maximum Gasteiger partial charge on any atom is 0.305 e. The third-order valence-electron chi connectivity index (χ3n) is 2.78. The summed E-state index contributed by atoms with van der Waals surface area (Å²) in [5.74, 6) is -1.14. The highest BCUT2D eigenvalue weighted by atomic mass is 16.6. The van der Waals surface area contributed by atoms with Crippen molar-refractivity contribution >= 4 is 11.9 Å². The number of hydrogen-bond acceptors (Lipinski definition) is 5. The summed E-state index contributed by atoms with van der Waals surface area (Å²) in [7, 11) is 0. The van der Waals surface area contributed by atoms with E-state index in [2.05, 4.69) is 6.92 Å². The van der Waals surface area contributed by atoms with Crippen LogP contribution in [0.2, 0.25) is 0 Å². The fraction of sp³-hybridized carbons (Fsp3) is 0.867. The van der Waals surface area contributed by atoms with Gasteiger partial charge in [-0.05, 0) is 19.3 Å². The second kappa shape index (κ2) is 15.3. The molecule has 0 spiro atoms. The minimum Gasteiger partial charge on any atom is -0.481 e. The predicted molar refractivity (Wildman–Crippen MR) is 78.2 cm³/mol. The van der Waals surface area contributed by atoms with Gasteiger partial charge in [0.1, 0.15) is 6.61 Å². The highest BCUT2D eigenvalue weighted by Gasteiger charge is 2.03. The quantitative estimate of drug-likeness (QED) is 0.369. The van der Waals surface area contributed by atoms with Gasteiger partial charge in [-0.15, -0.1) is 0 Å². The molecule has 0 heterocycles. The number of aliphatic carboxylic acids is 1. The molecule has 124 valence electrons. The zero-order valence-electron chi connectivity index (χ0n) is 13.0. The molecule has 0 unspecified atom stereocenters. The van der Waals surface area contributed by atoms with Crippen LogP contribution in [0.4, 0.5) is 0 Å². The largest absolute Gasteiger partial charge is 0.481 e. The molecule has 0 radical (unpaired) electrons. The van der Waals surface area contributed by atoms with Crippen molar-refractivity contribution in [1.29, 1.82) is 0 Å². The zero-order chi connectivity index (χ0) is 15.8. The molecule has 0 aromatic rings. The lowest BCUT2D eigenvalue weighted by Gasteiger charge is -2.07. The molecule has 0 fully saturated rings. The second-order valence-electron chi connectivity index (χ2n) is 4.75. The highest BCUT2D eigenvalue weighted by Crippen LogP contribution is 2.01. The maximum atomic E-state index is 11.3. The van der Waals surface area contributed by atoms with Crippen molar-refractivity contribution < 1.29 is 28.9 Å². The monoisotopic (exact) mass is 304 g/mol. The number of unbranched alkanes of at least 4 members (excludes halogenated alkanes) is 3. The van der Waals surface area contributed by atoms with Crippen LogP contribution in [-0.2, 0) is 23.8 Å². The molecule has 0 amide bonds. The van der Waals surface area contributed by atoms with E-state index < -0.39 is 5.97 Å². The van der Waals surface area contributed by atoms with Crippen molar-refractivity contribution in [2.45, 2.75) is 51.9 Å². The minimum absolute atomic E-state index is 0.0919. The molecule has 0 bridgehead atoms. The molecule has 6 heteroatoms. The first-order valence-electron chi connectivity index (χ1n) is 7.69. The van der Waals surface area contributed by atoms with Gasteiger partial charge in [-0.25, -0.2) is 0 Å². The van der Waals surface area contributed by atoms with Crippen LogP contribution in [0, 0.1) is 0 Å². The van der Waals surface area contributed by atoms with Gasteiger partial charge in [0.15, 0.2) is 0 Å². The van der Waals surface area contributed by atoms with Crippen LogP contribution in [0.5, 0.6) is 0 Å². The van der Waals surface area contributed by atoms with Crippen LogP contribution >= 0.6 is 0 Å². The van der Waals surface area contributed by atoms with Gasteiger partial charge in [-0.1, -0.05) is 19.8 Å². The highest BCUT2D eigenvalue weighted by molar-refractivity contribution is 5.69. The Bertz CT molecular complexity index is 267. The third kappa shape index (κ3) is 16.8. The van der Waals surface area contributed by atoms with Crippen molar-refractivity contribution in [3.63, 3.8) is 0 Å². The first-order chi connectivity index (χ1) is 10.2. The summed E-state index contributed by atoms with van der Waals surface area (Å²) in [6.07, 6.45) is 4.83. The third-order valence-corrected chi connectivity index (χ3v) is 2.78. The second-order valence-corrected chi connectivity index (χ2v) is 4.75. The molecule has 0 aromatic heterocycles. The van der Waals surface area contributed by atoms with Crippen LogP contribution in [-0.4, -0.2) is 50.1 Å². The van der Waals surface area contributed by atoms with E-state index in [1.54, 1.807) is 0 Å². The summed E-state index contributed by atoms with van der Waals surface area (Å²) in [4.78, 5) is 21.5. The van der Waals surface area contributed by atoms with E-state index in [-0.39, 0.29) is 25.4 Å². The van der Waals surface area contributed by atoms with Gasteiger partial charge in [0.25, 0.3) is 0 Å². The number of carboxylic acids is 1. The molecule has 0 rings (SSSR count). The SMILES string of the molecule is CCCCCOCCOCCOC(=O)CCCCC(=O)O. The normalized spacial score (nSPS) is 10.5. The summed E-state index contributed by atoms with van der Waals surface area (Å²) < 4.78 is 15.6. The fourth-order valence-electron chi connectivity index (χ4n) is 1.61. The van der Waals surface area contributed by atoms with E-state index in [1.807, 2.05) is 0 Å². The molecule has 21 heavy (non-hydrogen) atoms. The van der Waals surface area contributed by atoms with Crippen LogP contribution in [0.3, 0.4) is 0 Å². The lowest BCUT2D eigenvalue weighted by Crippen LogP contribution is -2.13. The molecule has 0 atom stereocenters. The molecule has 0 aliphatic heterocycles. The molecule has 6 nitrogen and oxygen atoms in total. The lowest BCUT2D eigenvalue weighted by atomic mass is 10.2. The molecule has 0 aliphatic carbocycles. The van der Waals surface area contributed by atoms with E-state index >= 15 is 0 Å². The molecule has 0 aromatic carbocycles. The molecular formula is C15H28O6. The van der Waals surface area contributed by atoms with Crippen molar-refractivity contribution in [3.8, 4) is 0 Å². The van der Waals surface area contributed by atoms with Gasteiger partial charge >= 0.3 is 11.9 Å². The Morgan fingerprint density at radius 3 is 2.10 bits per heavy atom. The van der Waals surface area contributed by atoms with Crippen LogP contribution in [0.25, 0.3) is 0 Å². The first kappa shape index (κ1) is 19.9. The number of hydrogen-bond donors (Lipinski definition) is 1. The molecule has 0 saturated carbocycles. The summed E-state index contributed by atoms with van der Waals surface area (Å²) >= 11 is 0. The average molecular weight is 304 g/mol. The van der Waals surface area contributed by atoms with Crippen LogP contribution < -0.4 is 0 Å².